The summed E-state index contributed by atoms with van der Waals surface area (Å²) in [4.78, 5) is 1.40. The molecule has 2 heterocycles. The Labute approximate surface area is 139 Å². The van der Waals surface area contributed by atoms with Gasteiger partial charge in [-0.1, -0.05) is 12.1 Å². The lowest BCUT2D eigenvalue weighted by molar-refractivity contribution is 0.316. The van der Waals surface area contributed by atoms with Crippen LogP contribution in [0.15, 0.2) is 52.3 Å². The number of hydrogen-bond acceptors (Lipinski definition) is 5. The third-order valence-corrected chi connectivity index (χ3v) is 6.78. The summed E-state index contributed by atoms with van der Waals surface area (Å²) in [6.45, 7) is 1.52. The minimum absolute atomic E-state index is 0.308. The van der Waals surface area contributed by atoms with Crippen molar-refractivity contribution in [2.45, 2.75) is 9.79 Å². The number of anilines is 2. The van der Waals surface area contributed by atoms with Gasteiger partial charge >= 0.3 is 0 Å². The molecular weight excluding hydrogens is 332 g/mol. The lowest BCUT2D eigenvalue weighted by Gasteiger charge is -2.30. The Morgan fingerprint density at radius 1 is 1.17 bits per heavy atom. The van der Waals surface area contributed by atoms with Gasteiger partial charge in [-0.15, -0.1) is 11.8 Å². The van der Waals surface area contributed by atoms with Gasteiger partial charge in [0.1, 0.15) is 12.4 Å². The number of sulfonamides is 1. The monoisotopic (exact) mass is 348 g/mol. The van der Waals surface area contributed by atoms with E-state index >= 15 is 0 Å². The molecule has 23 heavy (non-hydrogen) atoms. The Bertz CT molecular complexity index is 852. The highest BCUT2D eigenvalue weighted by atomic mass is 32.2. The Balaban J connectivity index is 1.77. The van der Waals surface area contributed by atoms with E-state index < -0.39 is 10.0 Å². The van der Waals surface area contributed by atoms with Gasteiger partial charge in [0.25, 0.3) is 10.0 Å². The average Bonchev–Trinajstić information content (AvgIpc) is 2.60. The van der Waals surface area contributed by atoms with E-state index in [1.165, 1.54) is 4.31 Å². The second-order valence-electron chi connectivity index (χ2n) is 5.33. The van der Waals surface area contributed by atoms with Gasteiger partial charge in [-0.2, -0.15) is 0 Å². The second kappa shape index (κ2) is 5.65. The van der Waals surface area contributed by atoms with E-state index in [1.54, 1.807) is 36.0 Å². The molecular formula is C16H16N2O3S2. The van der Waals surface area contributed by atoms with Crippen LogP contribution in [0.1, 0.15) is 0 Å². The number of benzene rings is 2. The SMILES string of the molecule is O=S(=O)(c1ccc2c(c1)NCCS2)N1CCOc2ccccc21. The van der Waals surface area contributed by atoms with Gasteiger partial charge in [0.05, 0.1) is 17.1 Å². The number of nitrogens with one attached hydrogen (secondary N) is 1. The number of hydrogen-bond donors (Lipinski definition) is 1. The molecule has 0 saturated heterocycles. The van der Waals surface area contributed by atoms with Gasteiger partial charge in [-0.25, -0.2) is 8.42 Å². The van der Waals surface area contributed by atoms with Crippen molar-refractivity contribution in [2.24, 2.45) is 0 Å². The lowest BCUT2D eigenvalue weighted by atomic mass is 10.2. The minimum Gasteiger partial charge on any atom is -0.489 e. The van der Waals surface area contributed by atoms with Gasteiger partial charge < -0.3 is 10.1 Å². The maximum absolute atomic E-state index is 13.1. The molecule has 0 radical (unpaired) electrons. The molecule has 0 aliphatic carbocycles. The lowest BCUT2D eigenvalue weighted by Crippen LogP contribution is -2.37. The standard InChI is InChI=1S/C16H16N2O3S2/c19-23(20,12-5-6-16-13(11-12)17-7-10-22-16)18-8-9-21-15-4-2-1-3-14(15)18/h1-6,11,17H,7-10H2. The molecule has 0 spiro atoms. The first-order valence-electron chi connectivity index (χ1n) is 7.41. The van der Waals surface area contributed by atoms with E-state index in [0.717, 1.165) is 22.9 Å². The van der Waals surface area contributed by atoms with Crippen LogP contribution in [0.5, 0.6) is 5.75 Å². The average molecular weight is 348 g/mol. The largest absolute Gasteiger partial charge is 0.489 e. The fourth-order valence-electron chi connectivity index (χ4n) is 2.80. The van der Waals surface area contributed by atoms with Crippen molar-refractivity contribution in [1.29, 1.82) is 0 Å². The number of para-hydroxylation sites is 2. The second-order valence-corrected chi connectivity index (χ2v) is 8.33. The molecule has 0 fully saturated rings. The molecule has 0 unspecified atom stereocenters. The topological polar surface area (TPSA) is 58.6 Å². The predicted molar refractivity (Wildman–Crippen MR) is 92.1 cm³/mol. The molecule has 0 aromatic heterocycles. The first kappa shape index (κ1) is 14.7. The van der Waals surface area contributed by atoms with Gasteiger partial charge in [0.2, 0.25) is 0 Å². The molecule has 2 aromatic rings. The molecule has 4 rings (SSSR count). The van der Waals surface area contributed by atoms with Crippen LogP contribution in [0.25, 0.3) is 0 Å². The fourth-order valence-corrected chi connectivity index (χ4v) is 5.16. The first-order valence-corrected chi connectivity index (χ1v) is 9.84. The van der Waals surface area contributed by atoms with Crippen molar-refractivity contribution >= 4 is 33.2 Å². The van der Waals surface area contributed by atoms with E-state index in [2.05, 4.69) is 5.32 Å². The zero-order valence-electron chi connectivity index (χ0n) is 12.4. The summed E-state index contributed by atoms with van der Waals surface area (Å²) in [5.41, 5.74) is 1.49. The number of fused-ring (bicyclic) bond motifs is 2. The summed E-state index contributed by atoms with van der Waals surface area (Å²) in [7, 11) is -3.60. The van der Waals surface area contributed by atoms with Crippen LogP contribution >= 0.6 is 11.8 Å². The van der Waals surface area contributed by atoms with Gasteiger partial charge in [-0.3, -0.25) is 4.31 Å². The molecule has 2 aliphatic rings. The molecule has 2 aliphatic heterocycles. The Morgan fingerprint density at radius 3 is 2.96 bits per heavy atom. The summed E-state index contributed by atoms with van der Waals surface area (Å²) in [5.74, 6) is 1.60. The summed E-state index contributed by atoms with van der Waals surface area (Å²) < 4.78 is 33.1. The van der Waals surface area contributed by atoms with Gasteiger partial charge in [-0.05, 0) is 30.3 Å². The molecule has 2 aromatic carbocycles. The smallest absolute Gasteiger partial charge is 0.264 e. The van der Waals surface area contributed by atoms with E-state index in [1.807, 2.05) is 18.2 Å². The van der Waals surface area contributed by atoms with Crippen LogP contribution in [-0.4, -0.2) is 33.9 Å². The van der Waals surface area contributed by atoms with E-state index in [4.69, 9.17) is 4.74 Å². The Kier molecular flexibility index (Phi) is 3.61. The van der Waals surface area contributed by atoms with Crippen LogP contribution in [0.3, 0.4) is 0 Å². The summed E-state index contributed by atoms with van der Waals surface area (Å²) in [6, 6.07) is 12.5. The van der Waals surface area contributed by atoms with E-state index in [0.29, 0.717) is 29.5 Å². The molecule has 0 bridgehead atoms. The van der Waals surface area contributed by atoms with Gasteiger partial charge in [0, 0.05) is 22.9 Å². The minimum atomic E-state index is -3.60. The molecule has 7 heteroatoms. The van der Waals surface area contributed by atoms with Crippen molar-refractivity contribution in [3.05, 3.63) is 42.5 Å². The molecule has 1 N–H and O–H groups in total. The highest BCUT2D eigenvalue weighted by Gasteiger charge is 2.30. The quantitative estimate of drug-likeness (QED) is 0.904. The predicted octanol–water partition coefficient (Wildman–Crippen LogP) is 2.79. The molecule has 120 valence electrons. The number of nitrogens with zero attached hydrogens (tertiary/aromatic N) is 1. The van der Waals surface area contributed by atoms with E-state index in [-0.39, 0.29) is 0 Å². The molecule has 0 saturated carbocycles. The van der Waals surface area contributed by atoms with Crippen molar-refractivity contribution < 1.29 is 13.2 Å². The van der Waals surface area contributed by atoms with Crippen molar-refractivity contribution in [3.8, 4) is 5.75 Å². The Hall–Kier alpha value is -1.86. The highest BCUT2D eigenvalue weighted by Crippen LogP contribution is 2.37. The van der Waals surface area contributed by atoms with E-state index in [9.17, 15) is 8.42 Å². The van der Waals surface area contributed by atoms with Crippen molar-refractivity contribution in [1.82, 2.24) is 0 Å². The van der Waals surface area contributed by atoms with Crippen LogP contribution in [-0.2, 0) is 10.0 Å². The summed E-state index contributed by atoms with van der Waals surface area (Å²) in [5, 5.41) is 3.27. The van der Waals surface area contributed by atoms with Crippen LogP contribution in [0.2, 0.25) is 0 Å². The molecule has 5 nitrogen and oxygen atoms in total. The zero-order valence-corrected chi connectivity index (χ0v) is 14.0. The maximum atomic E-state index is 13.1. The maximum Gasteiger partial charge on any atom is 0.264 e. The van der Waals surface area contributed by atoms with Crippen LogP contribution in [0.4, 0.5) is 11.4 Å². The normalized spacial score (nSPS) is 16.8. The fraction of sp³-hybridized carbons (Fsp3) is 0.250. The number of thioether (sulfide) groups is 1. The third kappa shape index (κ3) is 2.53. The molecule has 0 amide bonds. The highest BCUT2D eigenvalue weighted by molar-refractivity contribution is 7.99. The number of ether oxygens (including phenoxy) is 1. The Morgan fingerprint density at radius 2 is 2.04 bits per heavy atom. The summed E-state index contributed by atoms with van der Waals surface area (Å²) >= 11 is 1.74. The molecule has 0 atom stereocenters. The first-order chi connectivity index (χ1) is 11.2. The van der Waals surface area contributed by atoms with Crippen molar-refractivity contribution in [2.75, 3.05) is 35.1 Å². The van der Waals surface area contributed by atoms with Gasteiger partial charge in [0.15, 0.2) is 0 Å². The van der Waals surface area contributed by atoms with Crippen LogP contribution < -0.4 is 14.4 Å². The third-order valence-electron chi connectivity index (χ3n) is 3.90. The van der Waals surface area contributed by atoms with Crippen molar-refractivity contribution in [3.63, 3.8) is 0 Å². The number of rotatable bonds is 2. The zero-order chi connectivity index (χ0) is 15.9. The summed E-state index contributed by atoms with van der Waals surface area (Å²) in [6.07, 6.45) is 0. The van der Waals surface area contributed by atoms with Crippen LogP contribution in [0, 0.1) is 0 Å².